The number of nitrogens with zero attached hydrogens (tertiary/aromatic N) is 3. The number of aromatic nitrogens is 3. The van der Waals surface area contributed by atoms with Crippen LogP contribution in [0.15, 0.2) is 72.8 Å². The van der Waals surface area contributed by atoms with Crippen LogP contribution in [0.25, 0.3) is 0 Å². The number of nitrogens with one attached hydrogen (secondary N) is 1. The topological polar surface area (TPSA) is 139 Å². The van der Waals surface area contributed by atoms with E-state index in [9.17, 15) is 14.4 Å². The number of rotatable bonds is 12. The summed E-state index contributed by atoms with van der Waals surface area (Å²) in [6, 6.07) is 19.6. The molecule has 0 aliphatic rings. The second kappa shape index (κ2) is 13.3. The predicted octanol–water partition coefficient (Wildman–Crippen LogP) is 5.30. The molecule has 0 bridgehead atoms. The van der Waals surface area contributed by atoms with Gasteiger partial charge in [-0.15, -0.1) is 15.0 Å². The minimum Gasteiger partial charge on any atom is -0.459 e. The van der Waals surface area contributed by atoms with Crippen molar-refractivity contribution in [2.45, 2.75) is 32.9 Å². The van der Waals surface area contributed by atoms with E-state index in [1.54, 1.807) is 60.7 Å². The second-order valence-electron chi connectivity index (χ2n) is 9.70. The quantitative estimate of drug-likeness (QED) is 0.179. The molecule has 0 fully saturated rings. The van der Waals surface area contributed by atoms with Crippen molar-refractivity contribution in [1.29, 1.82) is 0 Å². The molecule has 4 aromatic rings. The van der Waals surface area contributed by atoms with E-state index in [2.05, 4.69) is 20.3 Å². The van der Waals surface area contributed by atoms with Crippen LogP contribution in [0.3, 0.4) is 0 Å². The van der Waals surface area contributed by atoms with Crippen LogP contribution in [0.1, 0.15) is 47.1 Å². The maximum atomic E-state index is 11.9. The summed E-state index contributed by atoms with van der Waals surface area (Å²) in [4.78, 5) is 46.4. The van der Waals surface area contributed by atoms with Gasteiger partial charge < -0.3 is 24.3 Å². The SMILES string of the molecule is CC(C)(C)OC(=O)CNCc1ccc(Oc2nc(Oc3ccc(C=O)cc3)nc(Oc3ccc(C=O)cc3)n2)cc1. The van der Waals surface area contributed by atoms with Crippen molar-refractivity contribution in [2.75, 3.05) is 6.54 Å². The highest BCUT2D eigenvalue weighted by molar-refractivity contribution is 5.75. The number of carbonyl (C=O) groups is 3. The van der Waals surface area contributed by atoms with Crippen LogP contribution in [0.5, 0.6) is 35.3 Å². The van der Waals surface area contributed by atoms with Crippen molar-refractivity contribution in [1.82, 2.24) is 20.3 Å². The smallest absolute Gasteiger partial charge is 0.331 e. The third-order valence-electron chi connectivity index (χ3n) is 5.18. The molecule has 1 N–H and O–H groups in total. The second-order valence-corrected chi connectivity index (χ2v) is 9.70. The first-order valence-electron chi connectivity index (χ1n) is 12.6. The first kappa shape index (κ1) is 28.8. The highest BCUT2D eigenvalue weighted by Crippen LogP contribution is 2.27. The van der Waals surface area contributed by atoms with Gasteiger partial charge in [0.2, 0.25) is 0 Å². The minimum atomic E-state index is -0.537. The number of hydrogen-bond donors (Lipinski definition) is 1. The third kappa shape index (κ3) is 9.22. The normalized spacial score (nSPS) is 10.9. The highest BCUT2D eigenvalue weighted by Gasteiger charge is 2.16. The van der Waals surface area contributed by atoms with Crippen LogP contribution >= 0.6 is 0 Å². The number of carbonyl (C=O) groups excluding carboxylic acids is 3. The van der Waals surface area contributed by atoms with Gasteiger partial charge >= 0.3 is 24.0 Å². The van der Waals surface area contributed by atoms with E-state index >= 15 is 0 Å². The average molecular weight is 557 g/mol. The zero-order chi connectivity index (χ0) is 29.2. The summed E-state index contributed by atoms with van der Waals surface area (Å²) >= 11 is 0. The molecule has 0 saturated carbocycles. The Kier molecular flexibility index (Phi) is 9.33. The summed E-state index contributed by atoms with van der Waals surface area (Å²) in [6.45, 7) is 5.99. The van der Waals surface area contributed by atoms with Crippen molar-refractivity contribution < 1.29 is 33.3 Å². The van der Waals surface area contributed by atoms with Crippen LogP contribution in [0.2, 0.25) is 0 Å². The Morgan fingerprint density at radius 3 is 1.44 bits per heavy atom. The maximum absolute atomic E-state index is 11.9. The van der Waals surface area contributed by atoms with Crippen molar-refractivity contribution >= 4 is 18.5 Å². The van der Waals surface area contributed by atoms with Crippen LogP contribution in [-0.4, -0.2) is 45.6 Å². The fourth-order valence-electron chi connectivity index (χ4n) is 3.36. The Morgan fingerprint density at radius 1 is 0.683 bits per heavy atom. The molecule has 0 amide bonds. The first-order valence-corrected chi connectivity index (χ1v) is 12.6. The number of benzene rings is 3. The lowest BCUT2D eigenvalue weighted by atomic mass is 10.2. The molecule has 0 radical (unpaired) electrons. The number of aldehydes is 2. The van der Waals surface area contributed by atoms with Crippen LogP contribution in [-0.2, 0) is 16.1 Å². The Labute approximate surface area is 236 Å². The summed E-state index contributed by atoms with van der Waals surface area (Å²) in [5.41, 5.74) is 1.36. The Morgan fingerprint density at radius 2 is 1.07 bits per heavy atom. The number of ether oxygens (including phenoxy) is 4. The fourth-order valence-corrected chi connectivity index (χ4v) is 3.36. The fraction of sp³-hybridized carbons (Fsp3) is 0.200. The van der Waals surface area contributed by atoms with Crippen molar-refractivity contribution in [3.8, 4) is 35.3 Å². The van der Waals surface area contributed by atoms with Gasteiger partial charge in [-0.2, -0.15) is 0 Å². The van der Waals surface area contributed by atoms with E-state index in [1.807, 2.05) is 32.9 Å². The van der Waals surface area contributed by atoms with Crippen molar-refractivity contribution in [3.63, 3.8) is 0 Å². The highest BCUT2D eigenvalue weighted by atomic mass is 16.6. The summed E-state index contributed by atoms with van der Waals surface area (Å²) < 4.78 is 22.6. The van der Waals surface area contributed by atoms with Gasteiger partial charge in [-0.3, -0.25) is 14.4 Å². The summed E-state index contributed by atoms with van der Waals surface area (Å²) in [5.74, 6) is 0.881. The molecule has 1 aromatic heterocycles. The molecular formula is C30H28N4O7. The van der Waals surface area contributed by atoms with E-state index in [4.69, 9.17) is 18.9 Å². The third-order valence-corrected chi connectivity index (χ3v) is 5.18. The summed E-state index contributed by atoms with van der Waals surface area (Å²) in [6.07, 6.45) is 1.45. The molecule has 0 spiro atoms. The van der Waals surface area contributed by atoms with Gasteiger partial charge in [0.05, 0.1) is 6.54 Å². The van der Waals surface area contributed by atoms with Crippen LogP contribution in [0.4, 0.5) is 0 Å². The molecule has 11 heteroatoms. The van der Waals surface area contributed by atoms with Gasteiger partial charge in [-0.25, -0.2) is 0 Å². The minimum absolute atomic E-state index is 0.0850. The maximum Gasteiger partial charge on any atom is 0.331 e. The monoisotopic (exact) mass is 556 g/mol. The Bertz CT molecular complexity index is 1410. The van der Waals surface area contributed by atoms with E-state index in [0.717, 1.165) is 18.1 Å². The summed E-state index contributed by atoms with van der Waals surface area (Å²) in [5, 5.41) is 3.05. The zero-order valence-corrected chi connectivity index (χ0v) is 22.7. The average Bonchev–Trinajstić information content (AvgIpc) is 2.94. The van der Waals surface area contributed by atoms with Crippen molar-refractivity contribution in [2.24, 2.45) is 0 Å². The van der Waals surface area contributed by atoms with Gasteiger partial charge in [0.15, 0.2) is 0 Å². The largest absolute Gasteiger partial charge is 0.459 e. The first-order chi connectivity index (χ1) is 19.7. The molecule has 41 heavy (non-hydrogen) atoms. The molecule has 0 aliphatic carbocycles. The molecular weight excluding hydrogens is 528 g/mol. The lowest BCUT2D eigenvalue weighted by Crippen LogP contribution is -2.31. The van der Waals surface area contributed by atoms with Crippen LogP contribution < -0.4 is 19.5 Å². The van der Waals surface area contributed by atoms with E-state index in [1.165, 1.54) is 0 Å². The van der Waals surface area contributed by atoms with E-state index in [-0.39, 0.29) is 30.5 Å². The molecule has 4 rings (SSSR count). The number of hydrogen-bond acceptors (Lipinski definition) is 11. The van der Waals surface area contributed by atoms with Crippen molar-refractivity contribution in [3.05, 3.63) is 89.5 Å². The zero-order valence-electron chi connectivity index (χ0n) is 22.7. The van der Waals surface area contributed by atoms with E-state index in [0.29, 0.717) is 34.9 Å². The number of esters is 1. The van der Waals surface area contributed by atoms with Gasteiger partial charge in [-0.05, 0) is 87.0 Å². The van der Waals surface area contributed by atoms with E-state index < -0.39 is 5.60 Å². The molecule has 0 atom stereocenters. The molecule has 11 nitrogen and oxygen atoms in total. The molecule has 3 aromatic carbocycles. The molecule has 0 saturated heterocycles. The lowest BCUT2D eigenvalue weighted by Gasteiger charge is -2.19. The summed E-state index contributed by atoms with van der Waals surface area (Å²) in [7, 11) is 0. The van der Waals surface area contributed by atoms with Gasteiger partial charge in [0, 0.05) is 17.7 Å². The Balaban J connectivity index is 1.47. The Hall–Kier alpha value is -5.16. The molecule has 1 heterocycles. The van der Waals surface area contributed by atoms with Gasteiger partial charge in [-0.1, -0.05) is 12.1 Å². The lowest BCUT2D eigenvalue weighted by molar-refractivity contribution is -0.153. The van der Waals surface area contributed by atoms with Gasteiger partial charge in [0.1, 0.15) is 35.4 Å². The molecule has 0 aliphatic heterocycles. The molecule has 210 valence electrons. The van der Waals surface area contributed by atoms with Gasteiger partial charge in [0.25, 0.3) is 0 Å². The molecule has 0 unspecified atom stereocenters. The predicted molar refractivity (Wildman–Crippen MR) is 148 cm³/mol. The van der Waals surface area contributed by atoms with Crippen LogP contribution in [0, 0.1) is 0 Å². The standard InChI is InChI=1S/C30H28N4O7/c1-30(2,3)41-26(37)17-31-16-20-4-10-23(11-5-20)38-27-32-28(39-24-12-6-21(18-35)7-13-24)34-29(33-27)40-25-14-8-22(19-36)9-15-25/h4-15,18-19,31H,16-17H2,1-3H3.